The predicted octanol–water partition coefficient (Wildman–Crippen LogP) is 2.08. The Hall–Kier alpha value is -2.67. The van der Waals surface area contributed by atoms with Crippen molar-refractivity contribution in [3.63, 3.8) is 0 Å². The number of benzene rings is 1. The molecular weight excluding hydrogens is 308 g/mol. The van der Waals surface area contributed by atoms with Crippen LogP contribution < -0.4 is 0 Å². The van der Waals surface area contributed by atoms with Crippen LogP contribution in [0.4, 0.5) is 0 Å². The maximum atomic E-state index is 12.8. The summed E-state index contributed by atoms with van der Waals surface area (Å²) in [5, 5.41) is 4.79. The van der Waals surface area contributed by atoms with E-state index in [4.69, 9.17) is 8.94 Å². The second kappa shape index (κ2) is 6.09. The van der Waals surface area contributed by atoms with Gasteiger partial charge in [0.1, 0.15) is 11.8 Å². The number of hydrogen-bond acceptors (Lipinski definition) is 6. The largest absolute Gasteiger partial charge is 0.463 e. The van der Waals surface area contributed by atoms with Crippen molar-refractivity contribution in [2.45, 2.75) is 13.5 Å². The van der Waals surface area contributed by atoms with E-state index < -0.39 is 0 Å². The standard InChI is InChI=1S/C17H18N4O3/c1-12-18-16(19-24-12)10-20-6-8-21(9-7-20)17(22)14-11-23-15-5-3-2-4-13(14)15/h2-5,11H,6-10H2,1H3. The zero-order valence-corrected chi connectivity index (χ0v) is 13.4. The first kappa shape index (κ1) is 14.9. The van der Waals surface area contributed by atoms with Crippen LogP contribution in [0.5, 0.6) is 0 Å². The zero-order chi connectivity index (χ0) is 16.5. The van der Waals surface area contributed by atoms with Gasteiger partial charge < -0.3 is 13.8 Å². The minimum atomic E-state index is 0.0232. The van der Waals surface area contributed by atoms with E-state index in [9.17, 15) is 4.79 Å². The molecule has 0 N–H and O–H groups in total. The number of carbonyl (C=O) groups excluding carboxylic acids is 1. The summed E-state index contributed by atoms with van der Waals surface area (Å²) in [6.45, 7) is 5.35. The Morgan fingerprint density at radius 3 is 2.75 bits per heavy atom. The van der Waals surface area contributed by atoms with E-state index in [1.165, 1.54) is 0 Å². The third kappa shape index (κ3) is 2.78. The average molecular weight is 326 g/mol. The summed E-state index contributed by atoms with van der Waals surface area (Å²) in [4.78, 5) is 21.1. The Bertz CT molecular complexity index is 861. The van der Waals surface area contributed by atoms with E-state index in [0.717, 1.165) is 24.1 Å². The third-order valence-electron chi connectivity index (χ3n) is 4.31. The van der Waals surface area contributed by atoms with Gasteiger partial charge in [-0.15, -0.1) is 0 Å². The van der Waals surface area contributed by atoms with Gasteiger partial charge in [-0.1, -0.05) is 23.4 Å². The monoisotopic (exact) mass is 326 g/mol. The number of furan rings is 1. The smallest absolute Gasteiger partial charge is 0.257 e. The van der Waals surface area contributed by atoms with Gasteiger partial charge >= 0.3 is 0 Å². The van der Waals surface area contributed by atoms with Crippen LogP contribution >= 0.6 is 0 Å². The fourth-order valence-corrected chi connectivity index (χ4v) is 3.03. The zero-order valence-electron chi connectivity index (χ0n) is 13.4. The minimum Gasteiger partial charge on any atom is -0.463 e. The van der Waals surface area contributed by atoms with Crippen LogP contribution in [0.25, 0.3) is 11.0 Å². The highest BCUT2D eigenvalue weighted by Gasteiger charge is 2.25. The number of piperazine rings is 1. The maximum absolute atomic E-state index is 12.8. The lowest BCUT2D eigenvalue weighted by Crippen LogP contribution is -2.48. The van der Waals surface area contributed by atoms with Crippen molar-refractivity contribution in [3.05, 3.63) is 47.8 Å². The molecule has 1 aliphatic heterocycles. The van der Waals surface area contributed by atoms with Crippen molar-refractivity contribution in [3.8, 4) is 0 Å². The van der Waals surface area contributed by atoms with Crippen molar-refractivity contribution in [2.75, 3.05) is 26.2 Å². The Morgan fingerprint density at radius 2 is 2.00 bits per heavy atom. The van der Waals surface area contributed by atoms with E-state index in [1.807, 2.05) is 29.2 Å². The lowest BCUT2D eigenvalue weighted by Gasteiger charge is -2.33. The average Bonchev–Trinajstić information content (AvgIpc) is 3.21. The molecule has 1 saturated heterocycles. The molecule has 0 unspecified atom stereocenters. The molecule has 4 rings (SSSR count). The normalized spacial score (nSPS) is 16.0. The molecule has 0 radical (unpaired) electrons. The number of rotatable bonds is 3. The lowest BCUT2D eigenvalue weighted by molar-refractivity contribution is 0.0625. The summed E-state index contributed by atoms with van der Waals surface area (Å²) in [6, 6.07) is 7.61. The Balaban J connectivity index is 1.41. The molecule has 0 aliphatic carbocycles. The summed E-state index contributed by atoms with van der Waals surface area (Å²) in [6.07, 6.45) is 1.56. The Kier molecular flexibility index (Phi) is 3.78. The summed E-state index contributed by atoms with van der Waals surface area (Å²) in [7, 11) is 0. The molecule has 7 heteroatoms. The molecule has 3 aromatic rings. The lowest BCUT2D eigenvalue weighted by atomic mass is 10.1. The quantitative estimate of drug-likeness (QED) is 0.733. The molecule has 1 amide bonds. The third-order valence-corrected chi connectivity index (χ3v) is 4.31. The van der Waals surface area contributed by atoms with E-state index in [1.54, 1.807) is 13.2 Å². The summed E-state index contributed by atoms with van der Waals surface area (Å²) >= 11 is 0. The number of carbonyl (C=O) groups is 1. The predicted molar refractivity (Wildman–Crippen MR) is 86.4 cm³/mol. The van der Waals surface area contributed by atoms with Crippen LogP contribution in [-0.4, -0.2) is 52.0 Å². The fourth-order valence-electron chi connectivity index (χ4n) is 3.03. The Morgan fingerprint density at radius 1 is 1.21 bits per heavy atom. The number of nitrogens with zero attached hydrogens (tertiary/aromatic N) is 4. The number of aryl methyl sites for hydroxylation is 1. The van der Waals surface area contributed by atoms with Gasteiger partial charge in [0.05, 0.1) is 12.1 Å². The minimum absolute atomic E-state index is 0.0232. The van der Waals surface area contributed by atoms with Crippen LogP contribution in [0.2, 0.25) is 0 Å². The van der Waals surface area contributed by atoms with Gasteiger partial charge in [-0.05, 0) is 6.07 Å². The summed E-state index contributed by atoms with van der Waals surface area (Å²) < 4.78 is 10.5. The van der Waals surface area contributed by atoms with Gasteiger partial charge in [0, 0.05) is 38.5 Å². The molecule has 124 valence electrons. The van der Waals surface area contributed by atoms with Crippen molar-refractivity contribution in [1.82, 2.24) is 19.9 Å². The van der Waals surface area contributed by atoms with Crippen LogP contribution in [0, 0.1) is 6.92 Å². The Labute approximate surface area is 138 Å². The van der Waals surface area contributed by atoms with Crippen molar-refractivity contribution in [1.29, 1.82) is 0 Å². The van der Waals surface area contributed by atoms with Crippen LogP contribution in [0.3, 0.4) is 0 Å². The first-order valence-corrected chi connectivity index (χ1v) is 7.98. The molecule has 0 saturated carbocycles. The van der Waals surface area contributed by atoms with Gasteiger partial charge in [-0.25, -0.2) is 0 Å². The molecule has 2 aromatic heterocycles. The van der Waals surface area contributed by atoms with Crippen LogP contribution in [0.1, 0.15) is 22.1 Å². The molecule has 1 aromatic carbocycles. The fraction of sp³-hybridized carbons (Fsp3) is 0.353. The second-order valence-corrected chi connectivity index (χ2v) is 5.94. The van der Waals surface area contributed by atoms with Gasteiger partial charge in [0.2, 0.25) is 5.89 Å². The molecule has 0 atom stereocenters. The molecule has 7 nitrogen and oxygen atoms in total. The first-order chi connectivity index (χ1) is 11.7. The molecule has 24 heavy (non-hydrogen) atoms. The maximum Gasteiger partial charge on any atom is 0.257 e. The molecular formula is C17H18N4O3. The summed E-state index contributed by atoms with van der Waals surface area (Å²) in [5.41, 5.74) is 1.37. The number of amides is 1. The highest BCUT2D eigenvalue weighted by Crippen LogP contribution is 2.22. The van der Waals surface area contributed by atoms with Gasteiger partial charge in [-0.3, -0.25) is 9.69 Å². The second-order valence-electron chi connectivity index (χ2n) is 5.94. The topological polar surface area (TPSA) is 75.6 Å². The van der Waals surface area contributed by atoms with Gasteiger partial charge in [-0.2, -0.15) is 4.98 Å². The van der Waals surface area contributed by atoms with Crippen molar-refractivity contribution in [2.24, 2.45) is 0 Å². The SMILES string of the molecule is Cc1nc(CN2CCN(C(=O)c3coc4ccccc34)CC2)no1. The van der Waals surface area contributed by atoms with E-state index in [0.29, 0.717) is 36.9 Å². The molecule has 0 bridgehead atoms. The number of hydrogen-bond donors (Lipinski definition) is 0. The highest BCUT2D eigenvalue weighted by molar-refractivity contribution is 6.05. The number of aromatic nitrogens is 2. The van der Waals surface area contributed by atoms with Crippen molar-refractivity contribution < 1.29 is 13.7 Å². The molecule has 0 spiro atoms. The highest BCUT2D eigenvalue weighted by atomic mass is 16.5. The number of para-hydroxylation sites is 1. The molecule has 1 aliphatic rings. The van der Waals surface area contributed by atoms with Crippen LogP contribution in [-0.2, 0) is 6.54 Å². The molecule has 3 heterocycles. The molecule has 1 fully saturated rings. The first-order valence-electron chi connectivity index (χ1n) is 7.98. The van der Waals surface area contributed by atoms with Gasteiger partial charge in [0.15, 0.2) is 5.82 Å². The van der Waals surface area contributed by atoms with Crippen molar-refractivity contribution >= 4 is 16.9 Å². The van der Waals surface area contributed by atoms with Gasteiger partial charge in [0.25, 0.3) is 5.91 Å². The van der Waals surface area contributed by atoms with Crippen LogP contribution in [0.15, 0.2) is 39.5 Å². The van der Waals surface area contributed by atoms with E-state index in [-0.39, 0.29) is 5.91 Å². The van der Waals surface area contributed by atoms with E-state index >= 15 is 0 Å². The number of fused-ring (bicyclic) bond motifs is 1. The van der Waals surface area contributed by atoms with E-state index in [2.05, 4.69) is 15.0 Å². The summed E-state index contributed by atoms with van der Waals surface area (Å²) in [5.74, 6) is 1.29.